The molecule has 4 rings (SSSR count). The number of thiophene rings is 1. The molecule has 0 saturated carbocycles. The van der Waals surface area contributed by atoms with E-state index >= 15 is 0 Å². The number of hydrogen-bond acceptors (Lipinski definition) is 5. The zero-order valence-corrected chi connectivity index (χ0v) is 19.5. The number of fused-ring (bicyclic) bond motifs is 1. The molecule has 30 heavy (non-hydrogen) atoms. The number of hydrogen-bond donors (Lipinski definition) is 0. The SMILES string of the molecule is Cc1ccc(C)c(-n2c(SCC(=O)N3C[C@H](C)C[C@@H](C)C3)nc3ccsc3c2=O)c1. The Bertz CT molecular complexity index is 1140. The van der Waals surface area contributed by atoms with Crippen LogP contribution in [0, 0.1) is 25.7 Å². The van der Waals surface area contributed by atoms with E-state index in [2.05, 4.69) is 13.8 Å². The number of benzene rings is 1. The first-order chi connectivity index (χ1) is 14.3. The van der Waals surface area contributed by atoms with Crippen molar-refractivity contribution in [3.05, 3.63) is 51.1 Å². The first-order valence-electron chi connectivity index (χ1n) is 10.3. The summed E-state index contributed by atoms with van der Waals surface area (Å²) in [5.74, 6) is 1.45. The zero-order chi connectivity index (χ0) is 21.4. The highest BCUT2D eigenvalue weighted by Gasteiger charge is 2.26. The summed E-state index contributed by atoms with van der Waals surface area (Å²) in [6.07, 6.45) is 1.17. The molecular weight excluding hydrogens is 414 g/mol. The largest absolute Gasteiger partial charge is 0.341 e. The quantitative estimate of drug-likeness (QED) is 0.436. The first-order valence-corrected chi connectivity index (χ1v) is 12.2. The van der Waals surface area contributed by atoms with Crippen LogP contribution in [0.2, 0.25) is 0 Å². The van der Waals surface area contributed by atoms with Crippen LogP contribution in [0.3, 0.4) is 0 Å². The fourth-order valence-electron chi connectivity index (χ4n) is 4.25. The Balaban J connectivity index is 1.69. The van der Waals surface area contributed by atoms with Crippen LogP contribution in [0.5, 0.6) is 0 Å². The second-order valence-electron chi connectivity index (χ2n) is 8.49. The molecule has 0 spiro atoms. The summed E-state index contributed by atoms with van der Waals surface area (Å²) < 4.78 is 2.32. The molecule has 1 aromatic carbocycles. The van der Waals surface area contributed by atoms with E-state index in [0.717, 1.165) is 29.9 Å². The van der Waals surface area contributed by atoms with Crippen LogP contribution < -0.4 is 5.56 Å². The number of likely N-dealkylation sites (tertiary alicyclic amines) is 1. The third-order valence-electron chi connectivity index (χ3n) is 5.60. The van der Waals surface area contributed by atoms with Crippen LogP contribution >= 0.6 is 23.1 Å². The molecule has 2 aromatic heterocycles. The van der Waals surface area contributed by atoms with Crippen LogP contribution in [-0.4, -0.2) is 39.2 Å². The van der Waals surface area contributed by atoms with E-state index in [1.54, 1.807) is 4.57 Å². The van der Waals surface area contributed by atoms with Gasteiger partial charge in [-0.05, 0) is 60.7 Å². The van der Waals surface area contributed by atoms with Crippen LogP contribution in [0.25, 0.3) is 15.9 Å². The summed E-state index contributed by atoms with van der Waals surface area (Å²) in [6.45, 7) is 10.0. The summed E-state index contributed by atoms with van der Waals surface area (Å²) in [6, 6.07) is 7.94. The highest BCUT2D eigenvalue weighted by atomic mass is 32.2. The topological polar surface area (TPSA) is 55.2 Å². The average Bonchev–Trinajstić information content (AvgIpc) is 3.16. The molecule has 1 aliphatic rings. The number of nitrogens with zero attached hydrogens (tertiary/aromatic N) is 3. The van der Waals surface area contributed by atoms with Crippen molar-refractivity contribution in [3.8, 4) is 5.69 Å². The molecule has 0 bridgehead atoms. The van der Waals surface area contributed by atoms with E-state index < -0.39 is 0 Å². The van der Waals surface area contributed by atoms with Crippen molar-refractivity contribution in [3.63, 3.8) is 0 Å². The third kappa shape index (κ3) is 4.18. The Hall–Kier alpha value is -2.12. The predicted molar refractivity (Wildman–Crippen MR) is 125 cm³/mol. The Labute approximate surface area is 185 Å². The number of carbonyl (C=O) groups is 1. The minimum Gasteiger partial charge on any atom is -0.341 e. The second-order valence-corrected chi connectivity index (χ2v) is 10.4. The average molecular weight is 442 g/mol. The number of rotatable bonds is 4. The molecule has 3 heterocycles. The summed E-state index contributed by atoms with van der Waals surface area (Å²) >= 11 is 2.77. The standard InChI is InChI=1S/C23H27N3O2S2/c1-14-5-6-17(4)19(10-14)26-22(28)21-18(7-8-29-21)24-23(26)30-13-20(27)25-11-15(2)9-16(3)12-25/h5-8,10,15-16H,9,11-13H2,1-4H3/t15-,16-/m1/s1. The van der Waals surface area contributed by atoms with Crippen molar-refractivity contribution in [1.82, 2.24) is 14.5 Å². The fraction of sp³-hybridized carbons (Fsp3) is 0.435. The van der Waals surface area contributed by atoms with Crippen LogP contribution in [0.4, 0.5) is 0 Å². The summed E-state index contributed by atoms with van der Waals surface area (Å²) in [4.78, 5) is 33.0. The highest BCUT2D eigenvalue weighted by molar-refractivity contribution is 7.99. The number of thioether (sulfide) groups is 1. The molecule has 1 saturated heterocycles. The van der Waals surface area contributed by atoms with Crippen molar-refractivity contribution in [1.29, 1.82) is 0 Å². The number of amides is 1. The number of carbonyl (C=O) groups excluding carboxylic acids is 1. The van der Waals surface area contributed by atoms with Gasteiger partial charge >= 0.3 is 0 Å². The van der Waals surface area contributed by atoms with Gasteiger partial charge in [-0.15, -0.1) is 11.3 Å². The molecular formula is C23H27N3O2S2. The number of aryl methyl sites for hydroxylation is 2. The molecule has 0 radical (unpaired) electrons. The maximum Gasteiger partial charge on any atom is 0.276 e. The van der Waals surface area contributed by atoms with E-state index in [1.807, 2.05) is 48.4 Å². The van der Waals surface area contributed by atoms with Crippen molar-refractivity contribution in [2.24, 2.45) is 11.8 Å². The van der Waals surface area contributed by atoms with E-state index in [9.17, 15) is 9.59 Å². The van der Waals surface area contributed by atoms with E-state index in [0.29, 0.717) is 27.2 Å². The van der Waals surface area contributed by atoms with E-state index in [1.165, 1.54) is 29.5 Å². The lowest BCUT2D eigenvalue weighted by molar-refractivity contribution is -0.130. The van der Waals surface area contributed by atoms with E-state index in [4.69, 9.17) is 4.98 Å². The molecule has 5 nitrogen and oxygen atoms in total. The van der Waals surface area contributed by atoms with Crippen molar-refractivity contribution in [2.45, 2.75) is 39.3 Å². The zero-order valence-electron chi connectivity index (χ0n) is 17.8. The molecule has 1 amide bonds. The maximum atomic E-state index is 13.3. The van der Waals surface area contributed by atoms with Gasteiger partial charge in [-0.2, -0.15) is 0 Å². The van der Waals surface area contributed by atoms with Crippen molar-refractivity contribution in [2.75, 3.05) is 18.8 Å². The van der Waals surface area contributed by atoms with Gasteiger partial charge in [-0.1, -0.05) is 37.7 Å². The minimum atomic E-state index is -0.0705. The van der Waals surface area contributed by atoms with Gasteiger partial charge in [0.1, 0.15) is 4.70 Å². The van der Waals surface area contributed by atoms with Crippen LogP contribution in [0.15, 0.2) is 39.6 Å². The Morgan fingerprint density at radius 1 is 1.20 bits per heavy atom. The second kappa shape index (κ2) is 8.55. The minimum absolute atomic E-state index is 0.0705. The molecule has 0 unspecified atom stereocenters. The lowest BCUT2D eigenvalue weighted by atomic mass is 9.92. The molecule has 2 atom stereocenters. The molecule has 3 aromatic rings. The maximum absolute atomic E-state index is 13.3. The van der Waals surface area contributed by atoms with Gasteiger partial charge in [0.25, 0.3) is 5.56 Å². The third-order valence-corrected chi connectivity index (χ3v) is 7.42. The predicted octanol–water partition coefficient (Wildman–Crippen LogP) is 4.66. The monoisotopic (exact) mass is 441 g/mol. The highest BCUT2D eigenvalue weighted by Crippen LogP contribution is 2.27. The van der Waals surface area contributed by atoms with E-state index in [-0.39, 0.29) is 17.2 Å². The summed E-state index contributed by atoms with van der Waals surface area (Å²) in [5, 5.41) is 2.47. The smallest absolute Gasteiger partial charge is 0.276 e. The van der Waals surface area contributed by atoms with Gasteiger partial charge in [0.15, 0.2) is 5.16 Å². The number of aromatic nitrogens is 2. The summed E-state index contributed by atoms with van der Waals surface area (Å²) in [7, 11) is 0. The molecule has 1 fully saturated rings. The van der Waals surface area contributed by atoms with Crippen molar-refractivity contribution < 1.29 is 4.79 Å². The normalized spacial score (nSPS) is 19.4. The molecule has 158 valence electrons. The first kappa shape index (κ1) is 21.1. The molecule has 7 heteroatoms. The molecule has 0 aliphatic carbocycles. The van der Waals surface area contributed by atoms with Crippen LogP contribution in [0.1, 0.15) is 31.4 Å². The van der Waals surface area contributed by atoms with Crippen molar-refractivity contribution >= 4 is 39.2 Å². The van der Waals surface area contributed by atoms with Gasteiger partial charge in [-0.25, -0.2) is 4.98 Å². The Kier molecular flexibility index (Phi) is 6.02. The molecule has 1 aliphatic heterocycles. The van der Waals surface area contributed by atoms with Gasteiger partial charge in [0.2, 0.25) is 5.91 Å². The molecule has 0 N–H and O–H groups in total. The number of piperidine rings is 1. The van der Waals surface area contributed by atoms with Gasteiger partial charge in [-0.3, -0.25) is 14.2 Å². The van der Waals surface area contributed by atoms with Gasteiger partial charge in [0, 0.05) is 13.1 Å². The van der Waals surface area contributed by atoms with Gasteiger partial charge < -0.3 is 4.90 Å². The summed E-state index contributed by atoms with van der Waals surface area (Å²) in [5.41, 5.74) is 3.54. The van der Waals surface area contributed by atoms with Gasteiger partial charge in [0.05, 0.1) is 17.0 Å². The fourth-order valence-corrected chi connectivity index (χ4v) is 5.91. The van der Waals surface area contributed by atoms with Crippen LogP contribution in [-0.2, 0) is 4.79 Å². The lowest BCUT2D eigenvalue weighted by Crippen LogP contribution is -2.43. The Morgan fingerprint density at radius 2 is 1.93 bits per heavy atom. The Morgan fingerprint density at radius 3 is 2.67 bits per heavy atom. The lowest BCUT2D eigenvalue weighted by Gasteiger charge is -2.35.